The molecule has 0 fully saturated rings. The first kappa shape index (κ1) is 14.8. The molecule has 0 spiro atoms. The molecule has 18 heavy (non-hydrogen) atoms. The molecule has 0 aliphatic carbocycles. The Bertz CT molecular complexity index is 473. The molecule has 8 heteroatoms. The normalized spacial score (nSPS) is 13.1. The molecule has 1 rings (SSSR count). The third-order valence-corrected chi connectivity index (χ3v) is 2.53. The van der Waals surface area contributed by atoms with Crippen molar-refractivity contribution in [2.75, 3.05) is 11.9 Å². The second-order valence-corrected chi connectivity index (χ2v) is 4.99. The molecule has 0 bridgehead atoms. The SMILES string of the molecule is Cc1cccc(NC(=O)[C@H](N)COP(=O)(O)O)c1. The van der Waals surface area contributed by atoms with E-state index in [1.165, 1.54) is 0 Å². The number of phosphoric ester groups is 1. The van der Waals surface area contributed by atoms with Crippen molar-refractivity contribution in [1.29, 1.82) is 0 Å². The van der Waals surface area contributed by atoms with Crippen molar-refractivity contribution >= 4 is 19.4 Å². The van der Waals surface area contributed by atoms with Gasteiger partial charge in [-0.2, -0.15) is 0 Å². The molecule has 0 saturated carbocycles. The van der Waals surface area contributed by atoms with Gasteiger partial charge in [-0.15, -0.1) is 0 Å². The van der Waals surface area contributed by atoms with Gasteiger partial charge in [-0.3, -0.25) is 9.32 Å². The number of hydrogen-bond acceptors (Lipinski definition) is 4. The Kier molecular flexibility index (Phi) is 5.01. The first-order chi connectivity index (χ1) is 8.28. The van der Waals surface area contributed by atoms with Crippen molar-refractivity contribution in [2.45, 2.75) is 13.0 Å². The zero-order valence-corrected chi connectivity index (χ0v) is 10.6. The standard InChI is InChI=1S/C10H15N2O5P/c1-7-3-2-4-8(5-7)12-10(13)9(11)6-17-18(14,15)16/h2-5,9H,6,11H2,1H3,(H,12,13)(H2,14,15,16)/t9-/m1/s1. The van der Waals surface area contributed by atoms with Crippen molar-refractivity contribution < 1.29 is 23.7 Å². The minimum atomic E-state index is -4.61. The number of benzene rings is 1. The van der Waals surface area contributed by atoms with Crippen LogP contribution in [0.1, 0.15) is 5.56 Å². The molecule has 0 saturated heterocycles. The van der Waals surface area contributed by atoms with E-state index in [0.29, 0.717) is 5.69 Å². The Morgan fingerprint density at radius 3 is 2.78 bits per heavy atom. The maximum atomic E-state index is 11.6. The van der Waals surface area contributed by atoms with E-state index in [4.69, 9.17) is 15.5 Å². The van der Waals surface area contributed by atoms with Crippen molar-refractivity contribution in [1.82, 2.24) is 0 Å². The van der Waals surface area contributed by atoms with Crippen LogP contribution in [0.4, 0.5) is 5.69 Å². The van der Waals surface area contributed by atoms with Crippen LogP contribution in [0.3, 0.4) is 0 Å². The molecule has 100 valence electrons. The van der Waals surface area contributed by atoms with Crippen molar-refractivity contribution in [3.8, 4) is 0 Å². The highest BCUT2D eigenvalue weighted by Gasteiger charge is 2.20. The highest BCUT2D eigenvalue weighted by Crippen LogP contribution is 2.35. The largest absolute Gasteiger partial charge is 0.469 e. The molecule has 0 unspecified atom stereocenters. The second kappa shape index (κ2) is 6.08. The summed E-state index contributed by atoms with van der Waals surface area (Å²) in [5.41, 5.74) is 6.96. The van der Waals surface area contributed by atoms with E-state index in [-0.39, 0.29) is 0 Å². The lowest BCUT2D eigenvalue weighted by Crippen LogP contribution is -2.39. The fourth-order valence-electron chi connectivity index (χ4n) is 1.21. The molecule has 0 aromatic heterocycles. The predicted octanol–water partition coefficient (Wildman–Crippen LogP) is 0.370. The fraction of sp³-hybridized carbons (Fsp3) is 0.300. The minimum absolute atomic E-state index is 0.554. The summed E-state index contributed by atoms with van der Waals surface area (Å²) in [6, 6.07) is 5.91. The molecule has 1 aromatic rings. The number of nitrogens with two attached hydrogens (primary N) is 1. The third kappa shape index (κ3) is 5.39. The van der Waals surface area contributed by atoms with Gasteiger partial charge in [0.05, 0.1) is 6.61 Å². The minimum Gasteiger partial charge on any atom is -0.325 e. The summed E-state index contributed by atoms with van der Waals surface area (Å²) in [5, 5.41) is 2.52. The smallest absolute Gasteiger partial charge is 0.325 e. The highest BCUT2D eigenvalue weighted by molar-refractivity contribution is 7.46. The fourth-order valence-corrected chi connectivity index (χ4v) is 1.57. The Hall–Kier alpha value is -1.24. The Labute approximate surface area is 104 Å². The van der Waals surface area contributed by atoms with E-state index in [1.807, 2.05) is 13.0 Å². The summed E-state index contributed by atoms with van der Waals surface area (Å²) >= 11 is 0. The highest BCUT2D eigenvalue weighted by atomic mass is 31.2. The lowest BCUT2D eigenvalue weighted by Gasteiger charge is -2.13. The Balaban J connectivity index is 2.52. The number of carbonyl (C=O) groups is 1. The van der Waals surface area contributed by atoms with Gasteiger partial charge < -0.3 is 20.8 Å². The Morgan fingerprint density at radius 2 is 2.22 bits per heavy atom. The van der Waals surface area contributed by atoms with Gasteiger partial charge >= 0.3 is 7.82 Å². The van der Waals surface area contributed by atoms with Gasteiger partial charge in [0.15, 0.2) is 0 Å². The lowest BCUT2D eigenvalue weighted by atomic mass is 10.2. The molecule has 0 heterocycles. The van der Waals surface area contributed by atoms with E-state index in [1.54, 1.807) is 18.2 Å². The number of carbonyl (C=O) groups excluding carboxylic acids is 1. The average molecular weight is 274 g/mol. The number of aryl methyl sites for hydroxylation is 1. The molecular formula is C10H15N2O5P. The zero-order valence-electron chi connectivity index (χ0n) is 9.74. The van der Waals surface area contributed by atoms with E-state index in [9.17, 15) is 9.36 Å². The molecular weight excluding hydrogens is 259 g/mol. The number of hydrogen-bond donors (Lipinski definition) is 4. The molecule has 0 aliphatic rings. The quantitative estimate of drug-likeness (QED) is 0.575. The van der Waals surface area contributed by atoms with Gasteiger partial charge in [0.1, 0.15) is 6.04 Å². The molecule has 1 amide bonds. The monoisotopic (exact) mass is 274 g/mol. The van der Waals surface area contributed by atoms with Crippen LogP contribution in [0.2, 0.25) is 0 Å². The molecule has 0 radical (unpaired) electrons. The van der Waals surface area contributed by atoms with E-state index in [2.05, 4.69) is 9.84 Å². The first-order valence-electron chi connectivity index (χ1n) is 5.11. The van der Waals surface area contributed by atoms with Crippen molar-refractivity contribution in [3.63, 3.8) is 0 Å². The van der Waals surface area contributed by atoms with Gasteiger partial charge in [0.2, 0.25) is 5.91 Å². The molecule has 5 N–H and O–H groups in total. The average Bonchev–Trinajstić information content (AvgIpc) is 2.24. The number of nitrogens with one attached hydrogen (secondary N) is 1. The molecule has 1 aromatic carbocycles. The summed E-state index contributed by atoms with van der Waals surface area (Å²) in [7, 11) is -4.61. The summed E-state index contributed by atoms with van der Waals surface area (Å²) < 4.78 is 14.6. The number of rotatable bonds is 5. The maximum Gasteiger partial charge on any atom is 0.469 e. The van der Waals surface area contributed by atoms with E-state index < -0.39 is 26.4 Å². The number of anilines is 1. The topological polar surface area (TPSA) is 122 Å². The predicted molar refractivity (Wildman–Crippen MR) is 65.8 cm³/mol. The van der Waals surface area contributed by atoms with Gasteiger partial charge in [-0.05, 0) is 24.6 Å². The number of amides is 1. The first-order valence-corrected chi connectivity index (χ1v) is 6.64. The van der Waals surface area contributed by atoms with Crippen LogP contribution in [0.25, 0.3) is 0 Å². The van der Waals surface area contributed by atoms with Crippen LogP contribution in [0, 0.1) is 6.92 Å². The van der Waals surface area contributed by atoms with E-state index in [0.717, 1.165) is 5.56 Å². The lowest BCUT2D eigenvalue weighted by molar-refractivity contribution is -0.118. The van der Waals surface area contributed by atoms with Crippen LogP contribution in [-0.4, -0.2) is 28.3 Å². The van der Waals surface area contributed by atoms with Gasteiger partial charge in [-0.25, -0.2) is 4.57 Å². The van der Waals surface area contributed by atoms with Gasteiger partial charge in [0, 0.05) is 5.69 Å². The van der Waals surface area contributed by atoms with E-state index >= 15 is 0 Å². The van der Waals surface area contributed by atoms with Crippen LogP contribution < -0.4 is 11.1 Å². The molecule has 7 nitrogen and oxygen atoms in total. The van der Waals surface area contributed by atoms with Crippen molar-refractivity contribution in [3.05, 3.63) is 29.8 Å². The van der Waals surface area contributed by atoms with Crippen LogP contribution in [-0.2, 0) is 13.9 Å². The summed E-state index contributed by atoms with van der Waals surface area (Å²) in [5.74, 6) is -0.575. The molecule has 0 aliphatic heterocycles. The van der Waals surface area contributed by atoms with Crippen LogP contribution in [0.15, 0.2) is 24.3 Å². The third-order valence-electron chi connectivity index (χ3n) is 2.04. The van der Waals surface area contributed by atoms with Crippen molar-refractivity contribution in [2.24, 2.45) is 5.73 Å². The number of phosphoric acid groups is 1. The molecule has 1 atom stereocenters. The van der Waals surface area contributed by atoms with Gasteiger partial charge in [-0.1, -0.05) is 12.1 Å². The second-order valence-electron chi connectivity index (χ2n) is 3.75. The summed E-state index contributed by atoms with van der Waals surface area (Å²) in [6.45, 7) is 1.31. The Morgan fingerprint density at radius 1 is 1.56 bits per heavy atom. The maximum absolute atomic E-state index is 11.6. The van der Waals surface area contributed by atoms with Gasteiger partial charge in [0.25, 0.3) is 0 Å². The summed E-state index contributed by atoms with van der Waals surface area (Å²) in [4.78, 5) is 28.5. The van der Waals surface area contributed by atoms with Crippen LogP contribution >= 0.6 is 7.82 Å². The van der Waals surface area contributed by atoms with Crippen LogP contribution in [0.5, 0.6) is 0 Å². The summed E-state index contributed by atoms with van der Waals surface area (Å²) in [6.07, 6.45) is 0. The zero-order chi connectivity index (χ0) is 13.8.